The Balaban J connectivity index is 1.85. The molecule has 4 aliphatic rings. The maximum absolute atomic E-state index is 11.6. The summed E-state index contributed by atoms with van der Waals surface area (Å²) in [5, 5.41) is 0. The van der Waals surface area contributed by atoms with Crippen molar-refractivity contribution >= 4 is 5.97 Å². The van der Waals surface area contributed by atoms with E-state index in [-0.39, 0.29) is 23.1 Å². The van der Waals surface area contributed by atoms with E-state index in [1.54, 1.807) is 0 Å². The van der Waals surface area contributed by atoms with E-state index in [1.807, 2.05) is 0 Å². The van der Waals surface area contributed by atoms with E-state index in [9.17, 15) is 4.79 Å². The van der Waals surface area contributed by atoms with Gasteiger partial charge in [-0.3, -0.25) is 4.79 Å². The van der Waals surface area contributed by atoms with Gasteiger partial charge in [0, 0.05) is 12.5 Å². The van der Waals surface area contributed by atoms with Crippen LogP contribution < -0.4 is 0 Å². The molecule has 2 aliphatic heterocycles. The highest BCUT2D eigenvalue weighted by atomic mass is 16.6. The standard InChI is InChI=1S/C17H22O3/c1-12(18)19-15-13-6-2-4-8-16(13)10-11-17(20-16)9-5-3-7-14(15)17/h10-11,13H,2-9H2,1H3/t13-,16-,17+/m0/s1. The first-order valence-electron chi connectivity index (χ1n) is 7.98. The van der Waals surface area contributed by atoms with Crippen LogP contribution >= 0.6 is 0 Å². The maximum atomic E-state index is 11.6. The molecule has 3 atom stereocenters. The molecule has 0 radical (unpaired) electrons. The van der Waals surface area contributed by atoms with E-state index in [0.29, 0.717) is 0 Å². The minimum atomic E-state index is -0.253. The number of hydrogen-bond donors (Lipinski definition) is 0. The van der Waals surface area contributed by atoms with Crippen molar-refractivity contribution in [3.63, 3.8) is 0 Å². The van der Waals surface area contributed by atoms with Gasteiger partial charge in [0.2, 0.25) is 0 Å². The summed E-state index contributed by atoms with van der Waals surface area (Å²) in [6.07, 6.45) is 13.5. The van der Waals surface area contributed by atoms with Crippen molar-refractivity contribution in [3.8, 4) is 0 Å². The van der Waals surface area contributed by atoms with Gasteiger partial charge in [-0.25, -0.2) is 0 Å². The van der Waals surface area contributed by atoms with Crippen LogP contribution in [0.2, 0.25) is 0 Å². The Bertz CT molecular complexity index is 518. The number of carbonyl (C=O) groups is 1. The lowest BCUT2D eigenvalue weighted by Gasteiger charge is -2.50. The van der Waals surface area contributed by atoms with Crippen LogP contribution in [0.4, 0.5) is 0 Å². The van der Waals surface area contributed by atoms with E-state index < -0.39 is 0 Å². The van der Waals surface area contributed by atoms with Gasteiger partial charge in [0.25, 0.3) is 0 Å². The minimum absolute atomic E-state index is 0.185. The van der Waals surface area contributed by atoms with E-state index in [1.165, 1.54) is 38.2 Å². The lowest BCUT2D eigenvalue weighted by Crippen LogP contribution is -2.52. The van der Waals surface area contributed by atoms with E-state index in [2.05, 4.69) is 12.2 Å². The van der Waals surface area contributed by atoms with Crippen molar-refractivity contribution in [2.45, 2.75) is 69.5 Å². The van der Waals surface area contributed by atoms with Crippen LogP contribution in [-0.2, 0) is 14.3 Å². The summed E-state index contributed by atoms with van der Waals surface area (Å²) >= 11 is 0. The number of ether oxygens (including phenoxy) is 2. The molecule has 0 aromatic carbocycles. The molecule has 3 nitrogen and oxygen atoms in total. The molecule has 108 valence electrons. The maximum Gasteiger partial charge on any atom is 0.307 e. The Kier molecular flexibility index (Phi) is 2.65. The predicted molar refractivity (Wildman–Crippen MR) is 74.9 cm³/mol. The summed E-state index contributed by atoms with van der Waals surface area (Å²) in [5.41, 5.74) is 0.816. The molecular weight excluding hydrogens is 252 g/mol. The highest BCUT2D eigenvalue weighted by Crippen LogP contribution is 2.58. The van der Waals surface area contributed by atoms with E-state index in [4.69, 9.17) is 9.47 Å². The molecule has 3 heteroatoms. The lowest BCUT2D eigenvalue weighted by molar-refractivity contribution is -0.157. The molecule has 2 saturated carbocycles. The quantitative estimate of drug-likeness (QED) is 0.541. The summed E-state index contributed by atoms with van der Waals surface area (Å²) < 4.78 is 12.4. The summed E-state index contributed by atoms with van der Waals surface area (Å²) in [6, 6.07) is 0. The monoisotopic (exact) mass is 274 g/mol. The zero-order valence-corrected chi connectivity index (χ0v) is 12.1. The molecule has 2 spiro atoms. The van der Waals surface area contributed by atoms with Crippen molar-refractivity contribution in [1.82, 2.24) is 0 Å². The van der Waals surface area contributed by atoms with Gasteiger partial charge in [-0.1, -0.05) is 18.9 Å². The van der Waals surface area contributed by atoms with Gasteiger partial charge in [-0.2, -0.15) is 0 Å². The largest absolute Gasteiger partial charge is 0.431 e. The molecule has 2 fully saturated rings. The fourth-order valence-corrected chi connectivity index (χ4v) is 4.70. The Morgan fingerprint density at radius 2 is 2.10 bits per heavy atom. The van der Waals surface area contributed by atoms with Gasteiger partial charge in [-0.15, -0.1) is 0 Å². The first-order chi connectivity index (χ1) is 9.65. The van der Waals surface area contributed by atoms with Gasteiger partial charge in [0.05, 0.1) is 11.5 Å². The minimum Gasteiger partial charge on any atom is -0.431 e. The van der Waals surface area contributed by atoms with Gasteiger partial charge in [0.1, 0.15) is 11.4 Å². The number of rotatable bonds is 1. The molecule has 2 bridgehead atoms. The molecule has 0 amide bonds. The van der Waals surface area contributed by atoms with Gasteiger partial charge in [0.15, 0.2) is 0 Å². The van der Waals surface area contributed by atoms with Crippen LogP contribution in [0, 0.1) is 5.92 Å². The third-order valence-corrected chi connectivity index (χ3v) is 5.51. The second-order valence-corrected chi connectivity index (χ2v) is 6.72. The van der Waals surface area contributed by atoms with Crippen LogP contribution in [0.1, 0.15) is 58.3 Å². The Morgan fingerprint density at radius 3 is 2.95 bits per heavy atom. The summed E-state index contributed by atoms with van der Waals surface area (Å²) in [7, 11) is 0. The van der Waals surface area contributed by atoms with Gasteiger partial charge in [-0.05, 0) is 44.6 Å². The lowest BCUT2D eigenvalue weighted by atomic mass is 9.70. The highest BCUT2D eigenvalue weighted by molar-refractivity contribution is 5.68. The second-order valence-electron chi connectivity index (χ2n) is 6.72. The molecule has 2 aliphatic carbocycles. The first kappa shape index (κ1) is 12.6. The second kappa shape index (κ2) is 4.20. The zero-order chi connectivity index (χ0) is 13.8. The van der Waals surface area contributed by atoms with Crippen molar-refractivity contribution in [1.29, 1.82) is 0 Å². The van der Waals surface area contributed by atoms with E-state index >= 15 is 0 Å². The normalized spacial score (nSPS) is 42.1. The molecule has 4 rings (SSSR count). The fraction of sp³-hybridized carbons (Fsp3) is 0.706. The molecule has 0 N–H and O–H groups in total. The Morgan fingerprint density at radius 1 is 1.25 bits per heavy atom. The molecular formula is C17H22O3. The third kappa shape index (κ3) is 1.59. The average Bonchev–Trinajstić information content (AvgIpc) is 2.73. The molecule has 2 heterocycles. The molecule has 20 heavy (non-hydrogen) atoms. The Labute approximate surface area is 120 Å². The number of esters is 1. The van der Waals surface area contributed by atoms with Gasteiger partial charge < -0.3 is 9.47 Å². The van der Waals surface area contributed by atoms with Crippen molar-refractivity contribution in [2.75, 3.05) is 0 Å². The summed E-state index contributed by atoms with van der Waals surface area (Å²) in [5.74, 6) is 1.03. The molecule has 0 aromatic heterocycles. The molecule has 0 aromatic rings. The predicted octanol–water partition coefficient (Wildman–Crippen LogP) is 3.65. The van der Waals surface area contributed by atoms with Crippen LogP contribution in [0.5, 0.6) is 0 Å². The Hall–Kier alpha value is -1.09. The van der Waals surface area contributed by atoms with Crippen molar-refractivity contribution in [2.24, 2.45) is 5.92 Å². The van der Waals surface area contributed by atoms with Crippen molar-refractivity contribution in [3.05, 3.63) is 23.5 Å². The van der Waals surface area contributed by atoms with Crippen LogP contribution in [0.15, 0.2) is 23.5 Å². The number of hydrogen-bond acceptors (Lipinski definition) is 3. The SMILES string of the molecule is CC(=O)OC1=C2CCCC[C@@]23C=C[C@]2(CCCC[C@@H]12)O3. The van der Waals surface area contributed by atoms with Crippen LogP contribution in [0.3, 0.4) is 0 Å². The average molecular weight is 274 g/mol. The number of carbonyl (C=O) groups excluding carboxylic acids is 1. The van der Waals surface area contributed by atoms with E-state index in [0.717, 1.165) is 31.4 Å². The van der Waals surface area contributed by atoms with Crippen LogP contribution in [0.25, 0.3) is 0 Å². The van der Waals surface area contributed by atoms with Crippen molar-refractivity contribution < 1.29 is 14.3 Å². The highest BCUT2D eigenvalue weighted by Gasteiger charge is 2.58. The topological polar surface area (TPSA) is 35.5 Å². The summed E-state index contributed by atoms with van der Waals surface area (Å²) in [4.78, 5) is 11.6. The third-order valence-electron chi connectivity index (χ3n) is 5.51. The zero-order valence-electron chi connectivity index (χ0n) is 12.1. The van der Waals surface area contributed by atoms with Gasteiger partial charge >= 0.3 is 5.97 Å². The fourth-order valence-electron chi connectivity index (χ4n) is 4.70. The molecule has 0 unspecified atom stereocenters. The summed E-state index contributed by atoms with van der Waals surface area (Å²) in [6.45, 7) is 1.52. The van der Waals surface area contributed by atoms with Crippen LogP contribution in [-0.4, -0.2) is 17.2 Å². The first-order valence-corrected chi connectivity index (χ1v) is 7.98. The molecule has 0 saturated heterocycles. The smallest absolute Gasteiger partial charge is 0.307 e.